The lowest BCUT2D eigenvalue weighted by atomic mass is 9.82. The van der Waals surface area contributed by atoms with E-state index in [1.807, 2.05) is 17.8 Å². The van der Waals surface area contributed by atoms with Crippen molar-refractivity contribution >= 4 is 0 Å². The lowest BCUT2D eigenvalue weighted by Gasteiger charge is -2.23. The minimum absolute atomic E-state index is 0.626. The van der Waals surface area contributed by atoms with Gasteiger partial charge in [0, 0.05) is 18.2 Å². The van der Waals surface area contributed by atoms with E-state index in [0.29, 0.717) is 5.92 Å². The van der Waals surface area contributed by atoms with Crippen molar-refractivity contribution in [3.05, 3.63) is 29.5 Å². The van der Waals surface area contributed by atoms with Crippen molar-refractivity contribution in [1.29, 1.82) is 0 Å². The Bertz CT molecular complexity index is 685. The van der Waals surface area contributed by atoms with Crippen LogP contribution in [-0.4, -0.2) is 24.0 Å². The van der Waals surface area contributed by atoms with Gasteiger partial charge in [-0.15, -0.1) is 0 Å². The third kappa shape index (κ3) is 2.94. The van der Waals surface area contributed by atoms with Crippen LogP contribution in [0.3, 0.4) is 0 Å². The van der Waals surface area contributed by atoms with E-state index in [-0.39, 0.29) is 0 Å². The summed E-state index contributed by atoms with van der Waals surface area (Å²) >= 11 is 0. The summed E-state index contributed by atoms with van der Waals surface area (Å²) in [6, 6.07) is 6.13. The summed E-state index contributed by atoms with van der Waals surface area (Å²) in [5.74, 6) is 2.15. The number of benzene rings is 1. The lowest BCUT2D eigenvalue weighted by Crippen LogP contribution is -2.07. The Labute approximate surface area is 138 Å². The van der Waals surface area contributed by atoms with E-state index in [9.17, 15) is 0 Å². The summed E-state index contributed by atoms with van der Waals surface area (Å²) in [4.78, 5) is 0. The number of aromatic nitrogens is 2. The number of methoxy groups -OCH3 is 2. The molecular weight excluding hydrogens is 288 g/mol. The third-order valence-electron chi connectivity index (χ3n) is 4.94. The molecule has 0 bridgehead atoms. The molecule has 1 aromatic heterocycles. The summed E-state index contributed by atoms with van der Waals surface area (Å²) in [6.07, 6.45) is 6.55. The Morgan fingerprint density at radius 3 is 2.39 bits per heavy atom. The van der Waals surface area contributed by atoms with Gasteiger partial charge in [0.25, 0.3) is 0 Å². The topological polar surface area (TPSA) is 36.3 Å². The highest BCUT2D eigenvalue weighted by Gasteiger charge is 2.25. The van der Waals surface area contributed by atoms with E-state index in [0.717, 1.165) is 22.8 Å². The summed E-state index contributed by atoms with van der Waals surface area (Å²) in [7, 11) is 5.38. The second kappa shape index (κ2) is 6.65. The molecule has 0 radical (unpaired) electrons. The van der Waals surface area contributed by atoms with Gasteiger partial charge in [0.15, 0.2) is 11.5 Å². The molecule has 0 spiro atoms. The van der Waals surface area contributed by atoms with Gasteiger partial charge in [-0.05, 0) is 43.9 Å². The molecule has 124 valence electrons. The predicted octanol–water partition coefficient (Wildman–Crippen LogP) is 4.46. The molecule has 1 aromatic carbocycles. The Morgan fingerprint density at radius 1 is 1.04 bits per heavy atom. The Morgan fingerprint density at radius 2 is 1.74 bits per heavy atom. The van der Waals surface area contributed by atoms with Gasteiger partial charge >= 0.3 is 0 Å². The molecule has 1 heterocycles. The summed E-state index contributed by atoms with van der Waals surface area (Å²) in [5.41, 5.74) is 4.94. The number of aryl methyl sites for hydroxylation is 2. The van der Waals surface area contributed by atoms with Crippen molar-refractivity contribution in [2.24, 2.45) is 7.05 Å². The first kappa shape index (κ1) is 15.9. The summed E-state index contributed by atoms with van der Waals surface area (Å²) in [6.45, 7) is 2.13. The standard InChI is InChI=1S/C19H26N2O2/c1-13-18(14-8-6-5-7-9-14)19(21(2)20-13)15-10-11-16(22-3)17(12-15)23-4/h10-12,14H,5-9H2,1-4H3. The van der Waals surface area contributed by atoms with Gasteiger partial charge in [-0.25, -0.2) is 0 Å². The molecule has 3 rings (SSSR count). The SMILES string of the molecule is COc1ccc(-c2c(C3CCCCC3)c(C)nn2C)cc1OC. The number of rotatable bonds is 4. The monoisotopic (exact) mass is 314 g/mol. The van der Waals surface area contributed by atoms with Crippen molar-refractivity contribution in [3.8, 4) is 22.8 Å². The zero-order valence-corrected chi connectivity index (χ0v) is 14.6. The maximum Gasteiger partial charge on any atom is 0.161 e. The first-order valence-corrected chi connectivity index (χ1v) is 8.41. The Balaban J connectivity index is 2.09. The van der Waals surface area contributed by atoms with Gasteiger partial charge in [0.1, 0.15) is 0 Å². The predicted molar refractivity (Wildman–Crippen MR) is 92.3 cm³/mol. The normalized spacial score (nSPS) is 15.7. The molecule has 1 aliphatic rings. The number of ether oxygens (including phenoxy) is 2. The molecule has 0 aliphatic heterocycles. The number of hydrogen-bond donors (Lipinski definition) is 0. The molecule has 0 saturated heterocycles. The highest BCUT2D eigenvalue weighted by Crippen LogP contribution is 2.41. The zero-order chi connectivity index (χ0) is 16.4. The number of nitrogens with zero attached hydrogens (tertiary/aromatic N) is 2. The fraction of sp³-hybridized carbons (Fsp3) is 0.526. The van der Waals surface area contributed by atoms with E-state index in [1.54, 1.807) is 14.2 Å². The quantitative estimate of drug-likeness (QED) is 0.836. The molecule has 0 N–H and O–H groups in total. The van der Waals surface area contributed by atoms with Crippen LogP contribution in [0.5, 0.6) is 11.5 Å². The van der Waals surface area contributed by atoms with E-state index in [4.69, 9.17) is 14.6 Å². The first-order valence-electron chi connectivity index (χ1n) is 8.41. The van der Waals surface area contributed by atoms with E-state index in [2.05, 4.69) is 19.1 Å². The first-order chi connectivity index (χ1) is 11.2. The lowest BCUT2D eigenvalue weighted by molar-refractivity contribution is 0.355. The fourth-order valence-electron chi connectivity index (χ4n) is 3.88. The van der Waals surface area contributed by atoms with Gasteiger partial charge in [0.2, 0.25) is 0 Å². The van der Waals surface area contributed by atoms with Crippen molar-refractivity contribution < 1.29 is 9.47 Å². The average Bonchev–Trinajstić information content (AvgIpc) is 2.89. The van der Waals surface area contributed by atoms with Crippen LogP contribution in [0, 0.1) is 6.92 Å². The molecule has 2 aromatic rings. The highest BCUT2D eigenvalue weighted by molar-refractivity contribution is 5.69. The second-order valence-electron chi connectivity index (χ2n) is 6.38. The van der Waals surface area contributed by atoms with E-state index in [1.165, 1.54) is 43.4 Å². The van der Waals surface area contributed by atoms with Crippen molar-refractivity contribution in [2.45, 2.75) is 44.9 Å². The van der Waals surface area contributed by atoms with Crippen LogP contribution in [-0.2, 0) is 7.05 Å². The second-order valence-corrected chi connectivity index (χ2v) is 6.38. The molecule has 1 aliphatic carbocycles. The van der Waals surface area contributed by atoms with Crippen LogP contribution < -0.4 is 9.47 Å². The van der Waals surface area contributed by atoms with Crippen molar-refractivity contribution in [3.63, 3.8) is 0 Å². The molecule has 0 atom stereocenters. The van der Waals surface area contributed by atoms with Gasteiger partial charge < -0.3 is 9.47 Å². The van der Waals surface area contributed by atoms with Crippen LogP contribution in [0.1, 0.15) is 49.3 Å². The molecule has 0 amide bonds. The van der Waals surface area contributed by atoms with Crippen LogP contribution in [0.15, 0.2) is 18.2 Å². The fourth-order valence-corrected chi connectivity index (χ4v) is 3.88. The molecule has 0 unspecified atom stereocenters. The van der Waals surface area contributed by atoms with Gasteiger partial charge in [-0.2, -0.15) is 5.10 Å². The minimum Gasteiger partial charge on any atom is -0.493 e. The van der Waals surface area contributed by atoms with Crippen molar-refractivity contribution in [2.75, 3.05) is 14.2 Å². The number of hydrogen-bond acceptors (Lipinski definition) is 3. The van der Waals surface area contributed by atoms with Gasteiger partial charge in [0.05, 0.1) is 25.6 Å². The molecule has 1 fully saturated rings. The van der Waals surface area contributed by atoms with Crippen LogP contribution in [0.4, 0.5) is 0 Å². The van der Waals surface area contributed by atoms with E-state index < -0.39 is 0 Å². The van der Waals surface area contributed by atoms with E-state index >= 15 is 0 Å². The van der Waals surface area contributed by atoms with Gasteiger partial charge in [-0.3, -0.25) is 4.68 Å². The van der Waals surface area contributed by atoms with Crippen LogP contribution >= 0.6 is 0 Å². The van der Waals surface area contributed by atoms with Gasteiger partial charge in [-0.1, -0.05) is 19.3 Å². The summed E-state index contributed by atoms with van der Waals surface area (Å²) < 4.78 is 12.9. The molecule has 4 nitrogen and oxygen atoms in total. The van der Waals surface area contributed by atoms with Crippen LogP contribution in [0.2, 0.25) is 0 Å². The smallest absolute Gasteiger partial charge is 0.161 e. The maximum atomic E-state index is 5.48. The van der Waals surface area contributed by atoms with Crippen LogP contribution in [0.25, 0.3) is 11.3 Å². The molecule has 23 heavy (non-hydrogen) atoms. The Hall–Kier alpha value is -1.97. The maximum absolute atomic E-state index is 5.48. The minimum atomic E-state index is 0.626. The summed E-state index contributed by atoms with van der Waals surface area (Å²) in [5, 5.41) is 4.71. The molecule has 4 heteroatoms. The largest absolute Gasteiger partial charge is 0.493 e. The average molecular weight is 314 g/mol. The molecule has 1 saturated carbocycles. The Kier molecular flexibility index (Phi) is 4.60. The highest BCUT2D eigenvalue weighted by atomic mass is 16.5. The van der Waals surface area contributed by atoms with Crippen molar-refractivity contribution in [1.82, 2.24) is 9.78 Å². The third-order valence-corrected chi connectivity index (χ3v) is 4.94. The zero-order valence-electron chi connectivity index (χ0n) is 14.6. The molecular formula is C19H26N2O2.